The molecule has 5 nitrogen and oxygen atoms in total. The maximum absolute atomic E-state index is 12.8. The summed E-state index contributed by atoms with van der Waals surface area (Å²) in [6, 6.07) is 6.35. The first-order valence-corrected chi connectivity index (χ1v) is 7.25. The zero-order valence-corrected chi connectivity index (χ0v) is 12.2. The minimum absolute atomic E-state index is 0.0715. The van der Waals surface area contributed by atoms with Crippen molar-refractivity contribution in [3.05, 3.63) is 47.5 Å². The topological polar surface area (TPSA) is 59.8 Å². The minimum Gasteiger partial charge on any atom is -0.349 e. The van der Waals surface area contributed by atoms with Gasteiger partial charge in [-0.15, -0.1) is 0 Å². The number of carbonyl (C=O) groups excluding carboxylic acids is 1. The lowest BCUT2D eigenvalue weighted by Crippen LogP contribution is -2.28. The van der Waals surface area contributed by atoms with Crippen molar-refractivity contribution >= 4 is 5.91 Å². The van der Waals surface area contributed by atoms with Crippen molar-refractivity contribution in [3.8, 4) is 0 Å². The lowest BCUT2D eigenvalue weighted by atomic mass is 10.2. The number of hydrogen-bond acceptors (Lipinski definition) is 3. The number of nitrogens with one attached hydrogen (secondary N) is 1. The van der Waals surface area contributed by atoms with Gasteiger partial charge in [-0.05, 0) is 31.0 Å². The first-order chi connectivity index (χ1) is 10.9. The molecule has 0 unspecified atom stereocenters. The van der Waals surface area contributed by atoms with Gasteiger partial charge in [-0.3, -0.25) is 14.5 Å². The van der Waals surface area contributed by atoms with Gasteiger partial charge in [-0.1, -0.05) is 6.07 Å². The second-order valence-electron chi connectivity index (χ2n) is 5.48. The fourth-order valence-corrected chi connectivity index (χ4v) is 2.29. The van der Waals surface area contributed by atoms with E-state index in [9.17, 15) is 18.0 Å². The van der Waals surface area contributed by atoms with Gasteiger partial charge in [0, 0.05) is 17.8 Å². The van der Waals surface area contributed by atoms with Gasteiger partial charge >= 0.3 is 6.18 Å². The van der Waals surface area contributed by atoms with Crippen molar-refractivity contribution in [1.29, 1.82) is 0 Å². The van der Waals surface area contributed by atoms with Gasteiger partial charge in [0.15, 0.2) is 5.69 Å². The fourth-order valence-electron chi connectivity index (χ4n) is 2.29. The lowest BCUT2D eigenvalue weighted by Gasteiger charge is -2.08. The standard InChI is InChI=1S/C15H15F3N4O/c16-15(17,18)13-7-12(10-4-5-10)22(21-13)9-14(23)20-8-11-3-1-2-6-19-11/h1-3,6-7,10H,4-5,8-9H2,(H,20,23). The van der Waals surface area contributed by atoms with Gasteiger partial charge in [0.05, 0.1) is 12.2 Å². The Morgan fingerprint density at radius 2 is 2.13 bits per heavy atom. The molecule has 23 heavy (non-hydrogen) atoms. The molecule has 0 bridgehead atoms. The van der Waals surface area contributed by atoms with E-state index in [4.69, 9.17) is 0 Å². The monoisotopic (exact) mass is 324 g/mol. The molecule has 0 spiro atoms. The van der Waals surface area contributed by atoms with Crippen LogP contribution in [0.25, 0.3) is 0 Å². The van der Waals surface area contributed by atoms with E-state index < -0.39 is 17.8 Å². The third kappa shape index (κ3) is 3.88. The number of halogens is 3. The molecule has 122 valence electrons. The second-order valence-corrected chi connectivity index (χ2v) is 5.48. The molecule has 8 heteroatoms. The maximum Gasteiger partial charge on any atom is 0.435 e. The van der Waals surface area contributed by atoms with Gasteiger partial charge in [0.2, 0.25) is 5.91 Å². The van der Waals surface area contributed by atoms with Gasteiger partial charge < -0.3 is 5.32 Å². The van der Waals surface area contributed by atoms with Crippen LogP contribution in [0.1, 0.15) is 35.8 Å². The predicted molar refractivity (Wildman–Crippen MR) is 75.3 cm³/mol. The molecule has 2 heterocycles. The number of rotatable bonds is 5. The third-order valence-electron chi connectivity index (χ3n) is 3.58. The highest BCUT2D eigenvalue weighted by Crippen LogP contribution is 2.42. The van der Waals surface area contributed by atoms with Gasteiger partial charge in [0.1, 0.15) is 6.54 Å². The third-order valence-corrected chi connectivity index (χ3v) is 3.58. The van der Waals surface area contributed by atoms with Crippen LogP contribution in [0.3, 0.4) is 0 Å². The van der Waals surface area contributed by atoms with Crippen molar-refractivity contribution in [2.24, 2.45) is 0 Å². The van der Waals surface area contributed by atoms with Crippen LogP contribution < -0.4 is 5.32 Å². The van der Waals surface area contributed by atoms with Crippen LogP contribution >= 0.6 is 0 Å². The van der Waals surface area contributed by atoms with Gasteiger partial charge in [0.25, 0.3) is 0 Å². The quantitative estimate of drug-likeness (QED) is 0.919. The summed E-state index contributed by atoms with van der Waals surface area (Å²) >= 11 is 0. The summed E-state index contributed by atoms with van der Waals surface area (Å²) in [7, 11) is 0. The normalized spacial score (nSPS) is 14.7. The Kier molecular flexibility index (Phi) is 4.06. The molecule has 1 aliphatic carbocycles. The molecular formula is C15H15F3N4O. The molecule has 0 aliphatic heterocycles. The van der Waals surface area contributed by atoms with Crippen molar-refractivity contribution < 1.29 is 18.0 Å². The molecule has 1 N–H and O–H groups in total. The summed E-state index contributed by atoms with van der Waals surface area (Å²) in [6.45, 7) is 0.000574. The Balaban J connectivity index is 1.67. The van der Waals surface area contributed by atoms with E-state index in [1.165, 1.54) is 0 Å². The van der Waals surface area contributed by atoms with Crippen molar-refractivity contribution in [1.82, 2.24) is 20.1 Å². The summed E-state index contributed by atoms with van der Waals surface area (Å²) in [6.07, 6.45) is -1.23. The Bertz CT molecular complexity index is 692. The van der Waals surface area contributed by atoms with Crippen molar-refractivity contribution in [3.63, 3.8) is 0 Å². The van der Waals surface area contributed by atoms with Crippen LogP contribution in [0.4, 0.5) is 13.2 Å². The molecule has 1 amide bonds. The number of nitrogens with zero attached hydrogens (tertiary/aromatic N) is 3. The number of aromatic nitrogens is 3. The van der Waals surface area contributed by atoms with E-state index in [-0.39, 0.29) is 19.0 Å². The average molecular weight is 324 g/mol. The predicted octanol–water partition coefficient (Wildman–Crippen LogP) is 2.49. The number of alkyl halides is 3. The molecule has 0 radical (unpaired) electrons. The molecule has 1 saturated carbocycles. The molecule has 1 fully saturated rings. The summed E-state index contributed by atoms with van der Waals surface area (Å²) in [5.74, 6) is -0.323. The largest absolute Gasteiger partial charge is 0.435 e. The van der Waals surface area contributed by atoms with Crippen LogP contribution in [0, 0.1) is 0 Å². The van der Waals surface area contributed by atoms with Crippen LogP contribution in [-0.2, 0) is 24.1 Å². The summed E-state index contributed by atoms with van der Waals surface area (Å²) in [5.41, 5.74) is 0.210. The Morgan fingerprint density at radius 3 is 2.74 bits per heavy atom. The van der Waals surface area contributed by atoms with Crippen LogP contribution in [0.2, 0.25) is 0 Å². The second kappa shape index (κ2) is 6.02. The summed E-state index contributed by atoms with van der Waals surface area (Å²) < 4.78 is 39.5. The van der Waals surface area contributed by atoms with E-state index in [1.54, 1.807) is 24.4 Å². The van der Waals surface area contributed by atoms with E-state index >= 15 is 0 Å². The van der Waals surface area contributed by atoms with E-state index in [1.807, 2.05) is 0 Å². The van der Waals surface area contributed by atoms with Crippen molar-refractivity contribution in [2.75, 3.05) is 0 Å². The maximum atomic E-state index is 12.8. The fraction of sp³-hybridized carbons (Fsp3) is 0.400. The highest BCUT2D eigenvalue weighted by Gasteiger charge is 2.38. The molecule has 0 saturated heterocycles. The van der Waals surface area contributed by atoms with E-state index in [0.717, 1.165) is 23.6 Å². The molecule has 0 atom stereocenters. The highest BCUT2D eigenvalue weighted by molar-refractivity contribution is 5.75. The average Bonchev–Trinajstić information content (AvgIpc) is 3.26. The van der Waals surface area contributed by atoms with Gasteiger partial charge in [-0.25, -0.2) is 0 Å². The minimum atomic E-state index is -4.50. The molecule has 0 aromatic carbocycles. The molecular weight excluding hydrogens is 309 g/mol. The number of carbonyl (C=O) groups is 1. The number of amides is 1. The molecule has 2 aromatic heterocycles. The van der Waals surface area contributed by atoms with Crippen LogP contribution in [0.5, 0.6) is 0 Å². The van der Waals surface area contributed by atoms with E-state index in [0.29, 0.717) is 11.4 Å². The zero-order valence-electron chi connectivity index (χ0n) is 12.2. The van der Waals surface area contributed by atoms with Crippen LogP contribution in [-0.4, -0.2) is 20.7 Å². The zero-order chi connectivity index (χ0) is 16.4. The Morgan fingerprint density at radius 1 is 1.35 bits per heavy atom. The van der Waals surface area contributed by atoms with Crippen molar-refractivity contribution in [2.45, 2.75) is 38.0 Å². The molecule has 1 aliphatic rings. The molecule has 2 aromatic rings. The lowest BCUT2D eigenvalue weighted by molar-refractivity contribution is -0.141. The smallest absolute Gasteiger partial charge is 0.349 e. The first-order valence-electron chi connectivity index (χ1n) is 7.25. The summed E-state index contributed by atoms with van der Waals surface area (Å²) in [5, 5.41) is 6.19. The van der Waals surface area contributed by atoms with Gasteiger partial charge in [-0.2, -0.15) is 18.3 Å². The van der Waals surface area contributed by atoms with Crippen LogP contribution in [0.15, 0.2) is 30.5 Å². The van der Waals surface area contributed by atoms with E-state index in [2.05, 4.69) is 15.4 Å². The SMILES string of the molecule is O=C(Cn1nc(C(F)(F)F)cc1C1CC1)NCc1ccccn1. The Labute approximate surface area is 130 Å². The number of hydrogen-bond donors (Lipinski definition) is 1. The first kappa shape index (κ1) is 15.5. The Hall–Kier alpha value is -2.38. The number of pyridine rings is 1. The summed E-state index contributed by atoms with van der Waals surface area (Å²) in [4.78, 5) is 16.0. The highest BCUT2D eigenvalue weighted by atomic mass is 19.4. The molecule has 3 rings (SSSR count).